The highest BCUT2D eigenvalue weighted by Gasteiger charge is 2.08. The molecule has 0 aliphatic rings. The summed E-state index contributed by atoms with van der Waals surface area (Å²) in [6.07, 6.45) is 0. The van der Waals surface area contributed by atoms with Crippen molar-refractivity contribution in [2.24, 2.45) is 0 Å². The highest BCUT2D eigenvalue weighted by molar-refractivity contribution is 5.77. The van der Waals surface area contributed by atoms with Crippen molar-refractivity contribution in [2.45, 2.75) is 33.7 Å². The normalized spacial score (nSPS) is 10.7. The van der Waals surface area contributed by atoms with Crippen LogP contribution in [0.1, 0.15) is 27.7 Å². The Labute approximate surface area is 93.0 Å². The number of rotatable bonds is 8. The molecule has 0 spiro atoms. The number of nitrogens with zero attached hydrogens (tertiary/aromatic N) is 1. The van der Waals surface area contributed by atoms with E-state index >= 15 is 0 Å². The maximum Gasteiger partial charge on any atom is 0.248 e. The van der Waals surface area contributed by atoms with Crippen molar-refractivity contribution in [3.63, 3.8) is 0 Å². The van der Waals surface area contributed by atoms with Gasteiger partial charge in [0.1, 0.15) is 6.61 Å². The van der Waals surface area contributed by atoms with Crippen LogP contribution in [-0.2, 0) is 9.53 Å². The molecule has 0 aromatic carbocycles. The Bertz CT molecular complexity index is 168. The van der Waals surface area contributed by atoms with Gasteiger partial charge >= 0.3 is 0 Å². The fourth-order valence-corrected chi connectivity index (χ4v) is 1.25. The van der Waals surface area contributed by atoms with Gasteiger partial charge in [0.15, 0.2) is 0 Å². The molecule has 0 rings (SSSR count). The van der Waals surface area contributed by atoms with Crippen molar-refractivity contribution in [3.8, 4) is 0 Å². The Balaban J connectivity index is 3.46. The van der Waals surface area contributed by atoms with Gasteiger partial charge in [-0.2, -0.15) is 0 Å². The zero-order valence-electron chi connectivity index (χ0n) is 10.4. The average molecular weight is 216 g/mol. The first-order valence-corrected chi connectivity index (χ1v) is 5.70. The Morgan fingerprint density at radius 2 is 1.93 bits per heavy atom. The molecule has 0 heterocycles. The number of hydrogen-bond donors (Lipinski definition) is 1. The van der Waals surface area contributed by atoms with E-state index in [-0.39, 0.29) is 12.5 Å². The summed E-state index contributed by atoms with van der Waals surface area (Å²) in [6.45, 7) is 11.2. The molecule has 0 saturated carbocycles. The van der Waals surface area contributed by atoms with Crippen LogP contribution in [0.3, 0.4) is 0 Å². The van der Waals surface area contributed by atoms with Gasteiger partial charge in [0.05, 0.1) is 6.61 Å². The maximum absolute atomic E-state index is 11.5. The quantitative estimate of drug-likeness (QED) is 0.612. The molecule has 15 heavy (non-hydrogen) atoms. The van der Waals surface area contributed by atoms with E-state index in [9.17, 15) is 4.79 Å². The van der Waals surface area contributed by atoms with E-state index in [1.165, 1.54) is 0 Å². The zero-order valence-corrected chi connectivity index (χ0v) is 10.4. The van der Waals surface area contributed by atoms with Crippen LogP contribution in [0.25, 0.3) is 0 Å². The maximum atomic E-state index is 11.5. The first kappa shape index (κ1) is 14.4. The molecule has 90 valence electrons. The van der Waals surface area contributed by atoms with Gasteiger partial charge in [0.25, 0.3) is 0 Å². The first-order chi connectivity index (χ1) is 7.11. The van der Waals surface area contributed by atoms with E-state index in [4.69, 9.17) is 4.74 Å². The standard InChI is InChI=1S/C11H24N2O2/c1-5-13(6-2)11(14)9-15-8-7-12-10(3)4/h10,12H,5-9H2,1-4H3. The number of amides is 1. The highest BCUT2D eigenvalue weighted by Crippen LogP contribution is 1.89. The van der Waals surface area contributed by atoms with Gasteiger partial charge in [0.2, 0.25) is 5.91 Å². The third kappa shape index (κ3) is 7.33. The fraction of sp³-hybridized carbons (Fsp3) is 0.909. The molecule has 0 atom stereocenters. The lowest BCUT2D eigenvalue weighted by molar-refractivity contribution is -0.135. The van der Waals surface area contributed by atoms with Crippen LogP contribution >= 0.6 is 0 Å². The topological polar surface area (TPSA) is 41.6 Å². The largest absolute Gasteiger partial charge is 0.370 e. The summed E-state index contributed by atoms with van der Waals surface area (Å²) in [4.78, 5) is 13.3. The van der Waals surface area contributed by atoms with Crippen LogP contribution < -0.4 is 5.32 Å². The molecule has 0 saturated heterocycles. The molecular weight excluding hydrogens is 192 g/mol. The molecule has 0 unspecified atom stereocenters. The molecule has 4 heteroatoms. The Morgan fingerprint density at radius 1 is 1.33 bits per heavy atom. The lowest BCUT2D eigenvalue weighted by Gasteiger charge is -2.18. The number of ether oxygens (including phenoxy) is 1. The van der Waals surface area contributed by atoms with E-state index < -0.39 is 0 Å². The van der Waals surface area contributed by atoms with Crippen LogP contribution in [0.15, 0.2) is 0 Å². The third-order valence-corrected chi connectivity index (χ3v) is 2.14. The summed E-state index contributed by atoms with van der Waals surface area (Å²) < 4.78 is 5.28. The van der Waals surface area contributed by atoms with Crippen molar-refractivity contribution in [1.82, 2.24) is 10.2 Å². The van der Waals surface area contributed by atoms with Crippen molar-refractivity contribution in [1.29, 1.82) is 0 Å². The first-order valence-electron chi connectivity index (χ1n) is 5.70. The predicted molar refractivity (Wildman–Crippen MR) is 61.9 cm³/mol. The van der Waals surface area contributed by atoms with Crippen LogP contribution in [-0.4, -0.2) is 49.7 Å². The number of likely N-dealkylation sites (N-methyl/N-ethyl adjacent to an activating group) is 1. The van der Waals surface area contributed by atoms with Gasteiger partial charge in [-0.05, 0) is 13.8 Å². The Hall–Kier alpha value is -0.610. The van der Waals surface area contributed by atoms with Gasteiger partial charge in [0, 0.05) is 25.7 Å². The lowest BCUT2D eigenvalue weighted by Crippen LogP contribution is -2.34. The predicted octanol–water partition coefficient (Wildman–Crippen LogP) is 0.869. The third-order valence-electron chi connectivity index (χ3n) is 2.14. The summed E-state index contributed by atoms with van der Waals surface area (Å²) in [7, 11) is 0. The van der Waals surface area contributed by atoms with E-state index in [1.54, 1.807) is 4.90 Å². The molecule has 0 radical (unpaired) electrons. The second-order valence-corrected chi connectivity index (χ2v) is 3.73. The van der Waals surface area contributed by atoms with Crippen LogP contribution in [0.2, 0.25) is 0 Å². The van der Waals surface area contributed by atoms with E-state index in [2.05, 4.69) is 19.2 Å². The summed E-state index contributed by atoms with van der Waals surface area (Å²) in [5.74, 6) is 0.0737. The van der Waals surface area contributed by atoms with Crippen LogP contribution in [0, 0.1) is 0 Å². The summed E-state index contributed by atoms with van der Waals surface area (Å²) >= 11 is 0. The molecule has 0 aromatic rings. The minimum atomic E-state index is 0.0737. The molecule has 1 N–H and O–H groups in total. The van der Waals surface area contributed by atoms with Crippen LogP contribution in [0.4, 0.5) is 0 Å². The van der Waals surface area contributed by atoms with E-state index in [0.29, 0.717) is 12.6 Å². The van der Waals surface area contributed by atoms with Crippen molar-refractivity contribution < 1.29 is 9.53 Å². The second kappa shape index (κ2) is 8.68. The number of carbonyl (C=O) groups is 1. The Kier molecular flexibility index (Phi) is 8.33. The Morgan fingerprint density at radius 3 is 2.40 bits per heavy atom. The smallest absolute Gasteiger partial charge is 0.248 e. The van der Waals surface area contributed by atoms with Crippen molar-refractivity contribution >= 4 is 5.91 Å². The van der Waals surface area contributed by atoms with Crippen molar-refractivity contribution in [3.05, 3.63) is 0 Å². The van der Waals surface area contributed by atoms with Gasteiger partial charge in [-0.3, -0.25) is 4.79 Å². The van der Waals surface area contributed by atoms with E-state index in [0.717, 1.165) is 19.6 Å². The van der Waals surface area contributed by atoms with Crippen LogP contribution in [0.5, 0.6) is 0 Å². The molecular formula is C11H24N2O2. The number of hydrogen-bond acceptors (Lipinski definition) is 3. The molecule has 0 fully saturated rings. The van der Waals surface area contributed by atoms with Gasteiger partial charge < -0.3 is 15.0 Å². The summed E-state index contributed by atoms with van der Waals surface area (Å²) in [5, 5.41) is 3.23. The van der Waals surface area contributed by atoms with Gasteiger partial charge in [-0.1, -0.05) is 13.8 Å². The fourth-order valence-electron chi connectivity index (χ4n) is 1.25. The second-order valence-electron chi connectivity index (χ2n) is 3.73. The highest BCUT2D eigenvalue weighted by atomic mass is 16.5. The minimum absolute atomic E-state index is 0.0737. The van der Waals surface area contributed by atoms with Crippen molar-refractivity contribution in [2.75, 3.05) is 32.8 Å². The van der Waals surface area contributed by atoms with Gasteiger partial charge in [-0.15, -0.1) is 0 Å². The molecule has 4 nitrogen and oxygen atoms in total. The summed E-state index contributed by atoms with van der Waals surface area (Å²) in [5.41, 5.74) is 0. The monoisotopic (exact) mass is 216 g/mol. The molecule has 0 aliphatic carbocycles. The molecule has 0 bridgehead atoms. The lowest BCUT2D eigenvalue weighted by atomic mass is 10.4. The van der Waals surface area contributed by atoms with E-state index in [1.807, 2.05) is 13.8 Å². The molecule has 0 aromatic heterocycles. The zero-order chi connectivity index (χ0) is 11.7. The summed E-state index contributed by atoms with van der Waals surface area (Å²) in [6, 6.07) is 0.465. The molecule has 1 amide bonds. The number of nitrogens with one attached hydrogen (secondary N) is 1. The minimum Gasteiger partial charge on any atom is -0.370 e. The SMILES string of the molecule is CCN(CC)C(=O)COCCNC(C)C. The molecule has 0 aliphatic heterocycles. The average Bonchev–Trinajstić information content (AvgIpc) is 2.18. The van der Waals surface area contributed by atoms with Gasteiger partial charge in [-0.25, -0.2) is 0 Å². The number of carbonyl (C=O) groups excluding carboxylic acids is 1.